The van der Waals surface area contributed by atoms with Crippen molar-refractivity contribution in [1.29, 1.82) is 0 Å². The summed E-state index contributed by atoms with van der Waals surface area (Å²) in [5, 5.41) is 3.28. The van der Waals surface area contributed by atoms with Gasteiger partial charge >= 0.3 is 0 Å². The number of carbonyl (C=O) groups excluding carboxylic acids is 3. The first-order valence-electron chi connectivity index (χ1n) is 8.11. The van der Waals surface area contributed by atoms with Gasteiger partial charge in [0, 0.05) is 22.3 Å². The van der Waals surface area contributed by atoms with Crippen LogP contribution in [0.15, 0.2) is 48.5 Å². The highest BCUT2D eigenvalue weighted by Gasteiger charge is 2.15. The molecule has 1 heterocycles. The van der Waals surface area contributed by atoms with E-state index in [1.54, 1.807) is 48.5 Å². The van der Waals surface area contributed by atoms with Crippen molar-refractivity contribution in [3.8, 4) is 0 Å². The third-order valence-electron chi connectivity index (χ3n) is 3.87. The number of aldehydes is 2. The van der Waals surface area contributed by atoms with E-state index in [4.69, 9.17) is 0 Å². The Kier molecular flexibility index (Phi) is 7.05. The maximum absolute atomic E-state index is 12.3. The zero-order chi connectivity index (χ0) is 17.2. The number of hydrogen-bond acceptors (Lipinski definition) is 4. The SMILES string of the molecule is C1CCNCC1.O=Cc1ccccc1C(=O)c1ccccc1C=O. The van der Waals surface area contributed by atoms with Crippen LogP contribution < -0.4 is 5.32 Å². The molecule has 0 bridgehead atoms. The predicted molar refractivity (Wildman–Crippen MR) is 93.8 cm³/mol. The number of ketones is 1. The van der Waals surface area contributed by atoms with Crippen LogP contribution in [0.1, 0.15) is 55.9 Å². The third-order valence-corrected chi connectivity index (χ3v) is 3.87. The van der Waals surface area contributed by atoms with Crippen molar-refractivity contribution in [2.45, 2.75) is 19.3 Å². The van der Waals surface area contributed by atoms with Crippen LogP contribution in [0, 0.1) is 0 Å². The van der Waals surface area contributed by atoms with E-state index in [1.165, 1.54) is 32.4 Å². The molecule has 0 radical (unpaired) electrons. The summed E-state index contributed by atoms with van der Waals surface area (Å²) in [5.41, 5.74) is 1.26. The Morgan fingerprint density at radius 2 is 1.21 bits per heavy atom. The smallest absolute Gasteiger partial charge is 0.194 e. The van der Waals surface area contributed by atoms with E-state index in [9.17, 15) is 14.4 Å². The van der Waals surface area contributed by atoms with E-state index < -0.39 is 0 Å². The summed E-state index contributed by atoms with van der Waals surface area (Å²) in [6, 6.07) is 13.0. The quantitative estimate of drug-likeness (QED) is 0.692. The zero-order valence-electron chi connectivity index (χ0n) is 13.5. The van der Waals surface area contributed by atoms with E-state index in [1.807, 2.05) is 0 Å². The highest BCUT2D eigenvalue weighted by Crippen LogP contribution is 2.15. The van der Waals surface area contributed by atoms with Crippen molar-refractivity contribution in [2.75, 3.05) is 13.1 Å². The largest absolute Gasteiger partial charge is 0.317 e. The van der Waals surface area contributed by atoms with Crippen molar-refractivity contribution < 1.29 is 14.4 Å². The Bertz CT molecular complexity index is 641. The van der Waals surface area contributed by atoms with Crippen molar-refractivity contribution in [3.05, 3.63) is 70.8 Å². The van der Waals surface area contributed by atoms with Gasteiger partial charge in [-0.05, 0) is 25.9 Å². The molecule has 0 unspecified atom stereocenters. The zero-order valence-corrected chi connectivity index (χ0v) is 13.5. The summed E-state index contributed by atoms with van der Waals surface area (Å²) in [4.78, 5) is 34.1. The van der Waals surface area contributed by atoms with E-state index in [0.717, 1.165) is 0 Å². The second-order valence-corrected chi connectivity index (χ2v) is 5.55. The van der Waals surface area contributed by atoms with Crippen molar-refractivity contribution in [1.82, 2.24) is 5.32 Å². The lowest BCUT2D eigenvalue weighted by atomic mass is 9.96. The number of benzene rings is 2. The molecule has 0 aromatic heterocycles. The fourth-order valence-electron chi connectivity index (χ4n) is 2.56. The van der Waals surface area contributed by atoms with Crippen LogP contribution in [-0.4, -0.2) is 31.4 Å². The van der Waals surface area contributed by atoms with Gasteiger partial charge in [-0.2, -0.15) is 0 Å². The summed E-state index contributed by atoms with van der Waals surface area (Å²) >= 11 is 0. The lowest BCUT2D eigenvalue weighted by Crippen LogP contribution is -2.21. The number of rotatable bonds is 4. The van der Waals surface area contributed by atoms with Crippen molar-refractivity contribution >= 4 is 18.4 Å². The maximum Gasteiger partial charge on any atom is 0.194 e. The van der Waals surface area contributed by atoms with Crippen LogP contribution in [0.25, 0.3) is 0 Å². The first-order valence-corrected chi connectivity index (χ1v) is 8.11. The van der Waals surface area contributed by atoms with Gasteiger partial charge in [0.2, 0.25) is 0 Å². The summed E-state index contributed by atoms with van der Waals surface area (Å²) < 4.78 is 0. The highest BCUT2D eigenvalue weighted by molar-refractivity contribution is 6.15. The molecule has 4 nitrogen and oxygen atoms in total. The lowest BCUT2D eigenvalue weighted by molar-refractivity contribution is 0.102. The van der Waals surface area contributed by atoms with Gasteiger partial charge in [0.15, 0.2) is 18.4 Å². The minimum atomic E-state index is -0.319. The number of carbonyl (C=O) groups is 3. The predicted octanol–water partition coefficient (Wildman–Crippen LogP) is 3.30. The van der Waals surface area contributed by atoms with Crippen LogP contribution in [0.5, 0.6) is 0 Å². The van der Waals surface area contributed by atoms with Gasteiger partial charge in [-0.15, -0.1) is 0 Å². The minimum absolute atomic E-state index is 0.307. The van der Waals surface area contributed by atoms with E-state index >= 15 is 0 Å². The number of nitrogens with one attached hydrogen (secondary N) is 1. The molecule has 1 saturated heterocycles. The van der Waals surface area contributed by atoms with Gasteiger partial charge in [0.05, 0.1) is 0 Å². The van der Waals surface area contributed by atoms with E-state index in [2.05, 4.69) is 5.32 Å². The van der Waals surface area contributed by atoms with Crippen molar-refractivity contribution in [2.24, 2.45) is 0 Å². The average Bonchev–Trinajstić information content (AvgIpc) is 2.69. The first kappa shape index (κ1) is 17.8. The summed E-state index contributed by atoms with van der Waals surface area (Å²) in [5.74, 6) is -0.319. The van der Waals surface area contributed by atoms with Gasteiger partial charge in [0.1, 0.15) is 0 Å². The van der Waals surface area contributed by atoms with Crippen LogP contribution in [0.2, 0.25) is 0 Å². The molecule has 2 aromatic carbocycles. The molecule has 0 amide bonds. The molecule has 124 valence electrons. The molecule has 3 rings (SSSR count). The third kappa shape index (κ3) is 4.70. The standard InChI is InChI=1S/C15H10O3.C5H11N/c16-9-11-5-1-3-7-13(11)15(18)14-8-4-2-6-12(14)10-17;1-2-4-6-5-3-1/h1-10H;6H,1-5H2. The van der Waals surface area contributed by atoms with Gasteiger partial charge in [-0.25, -0.2) is 0 Å². The average molecular weight is 323 g/mol. The fourth-order valence-corrected chi connectivity index (χ4v) is 2.56. The Morgan fingerprint density at radius 3 is 1.54 bits per heavy atom. The Morgan fingerprint density at radius 1 is 0.750 bits per heavy atom. The fraction of sp³-hybridized carbons (Fsp3) is 0.250. The van der Waals surface area contributed by atoms with Crippen LogP contribution in [0.4, 0.5) is 0 Å². The maximum atomic E-state index is 12.3. The van der Waals surface area contributed by atoms with Crippen LogP contribution in [-0.2, 0) is 0 Å². The Balaban J connectivity index is 0.000000292. The van der Waals surface area contributed by atoms with Gasteiger partial charge in [-0.1, -0.05) is 55.0 Å². The lowest BCUT2D eigenvalue weighted by Gasteiger charge is -2.08. The van der Waals surface area contributed by atoms with Gasteiger partial charge in [0.25, 0.3) is 0 Å². The highest BCUT2D eigenvalue weighted by atomic mass is 16.1. The topological polar surface area (TPSA) is 63.2 Å². The Hall–Kier alpha value is -2.59. The summed E-state index contributed by atoms with van der Waals surface area (Å²) in [6.07, 6.45) is 5.49. The van der Waals surface area contributed by atoms with Crippen LogP contribution in [0.3, 0.4) is 0 Å². The molecule has 1 aliphatic heterocycles. The molecular formula is C20H21NO3. The second kappa shape index (κ2) is 9.53. The summed E-state index contributed by atoms with van der Waals surface area (Å²) in [6.45, 7) is 2.50. The molecular weight excluding hydrogens is 302 g/mol. The molecule has 0 aliphatic carbocycles. The van der Waals surface area contributed by atoms with E-state index in [0.29, 0.717) is 34.8 Å². The Labute approximate surface area is 141 Å². The normalized spacial score (nSPS) is 13.3. The molecule has 1 aliphatic rings. The monoisotopic (exact) mass is 323 g/mol. The molecule has 0 spiro atoms. The molecule has 0 atom stereocenters. The number of piperidine rings is 1. The van der Waals surface area contributed by atoms with Gasteiger partial charge in [-0.3, -0.25) is 14.4 Å². The molecule has 1 N–H and O–H groups in total. The van der Waals surface area contributed by atoms with Gasteiger partial charge < -0.3 is 5.32 Å². The molecule has 0 saturated carbocycles. The molecule has 4 heteroatoms. The van der Waals surface area contributed by atoms with Crippen LogP contribution >= 0.6 is 0 Å². The molecule has 1 fully saturated rings. The molecule has 2 aromatic rings. The summed E-state index contributed by atoms with van der Waals surface area (Å²) in [7, 11) is 0. The molecule has 24 heavy (non-hydrogen) atoms. The van der Waals surface area contributed by atoms with E-state index in [-0.39, 0.29) is 5.78 Å². The minimum Gasteiger partial charge on any atom is -0.317 e. The van der Waals surface area contributed by atoms with Crippen molar-refractivity contribution in [3.63, 3.8) is 0 Å². The second-order valence-electron chi connectivity index (χ2n) is 5.55. The first-order chi connectivity index (χ1) is 11.8. The number of hydrogen-bond donors (Lipinski definition) is 1.